The van der Waals surface area contributed by atoms with E-state index in [9.17, 15) is 28.9 Å². The Morgan fingerprint density at radius 2 is 0.730 bits per heavy atom. The van der Waals surface area contributed by atoms with Crippen molar-refractivity contribution in [1.29, 1.82) is 0 Å². The van der Waals surface area contributed by atoms with E-state index < -0.39 is 57.8 Å². The summed E-state index contributed by atoms with van der Waals surface area (Å²) in [5, 5.41) is 9.80. The minimum atomic E-state index is -4.76. The van der Waals surface area contributed by atoms with E-state index in [4.69, 9.17) is 23.3 Å². The molecule has 11 nitrogen and oxygen atoms in total. The number of rotatable bonds is 53. The van der Waals surface area contributed by atoms with Crippen LogP contribution in [-0.4, -0.2) is 66.5 Å². The lowest BCUT2D eigenvalue weighted by Crippen LogP contribution is -2.30. The van der Waals surface area contributed by atoms with Gasteiger partial charge in [0, 0.05) is 19.3 Å². The quantitative estimate of drug-likeness (QED) is 0.0197. The summed E-state index contributed by atoms with van der Waals surface area (Å²) in [6.45, 7) is 4.40. The molecule has 3 atom stereocenters. The maximum absolute atomic E-state index is 12.9. The van der Waals surface area contributed by atoms with E-state index in [-0.39, 0.29) is 25.9 Å². The molecule has 2 N–H and O–H groups in total. The van der Waals surface area contributed by atoms with Crippen molar-refractivity contribution < 1.29 is 52.2 Å². The van der Waals surface area contributed by atoms with E-state index in [1.54, 1.807) is 0 Å². The number of unbranched alkanes of at least 4 members (excludes halogenated alkanes) is 20. The lowest BCUT2D eigenvalue weighted by molar-refractivity contribution is -0.161. The van der Waals surface area contributed by atoms with Crippen molar-refractivity contribution in [3.63, 3.8) is 0 Å². The van der Waals surface area contributed by atoms with Crippen LogP contribution in [0.1, 0.15) is 239 Å². The molecule has 0 aromatic carbocycles. The maximum atomic E-state index is 12.9. The highest BCUT2D eigenvalue weighted by Gasteiger charge is 2.28. The van der Waals surface area contributed by atoms with Crippen molar-refractivity contribution in [2.75, 3.05) is 26.4 Å². The van der Waals surface area contributed by atoms with Crippen LogP contribution in [0, 0.1) is 0 Å². The molecule has 0 heterocycles. The van der Waals surface area contributed by atoms with Gasteiger partial charge in [0.2, 0.25) is 0 Å². The topological polar surface area (TPSA) is 155 Å². The van der Waals surface area contributed by atoms with Gasteiger partial charge in [-0.2, -0.15) is 0 Å². The van der Waals surface area contributed by atoms with Crippen LogP contribution in [0.4, 0.5) is 0 Å². The highest BCUT2D eigenvalue weighted by Crippen LogP contribution is 2.43. The van der Waals surface area contributed by atoms with E-state index in [1.165, 1.54) is 38.5 Å². The molecule has 0 saturated carbocycles. The number of hydrogen-bond donors (Lipinski definition) is 2. The zero-order valence-electron chi connectivity index (χ0n) is 46.8. The molecule has 0 aliphatic carbocycles. The van der Waals surface area contributed by atoms with Crippen LogP contribution in [0.5, 0.6) is 0 Å². The van der Waals surface area contributed by atoms with E-state index in [0.29, 0.717) is 19.3 Å². The number of carbonyl (C=O) groups excluding carboxylic acids is 3. The predicted molar refractivity (Wildman–Crippen MR) is 307 cm³/mol. The fraction of sp³-hybridized carbons (Fsp3) is 0.694. The monoisotopic (exact) mass is 1060 g/mol. The van der Waals surface area contributed by atoms with E-state index in [0.717, 1.165) is 141 Å². The van der Waals surface area contributed by atoms with Crippen LogP contribution in [0.15, 0.2) is 97.2 Å². The smallest absolute Gasteiger partial charge is 0.462 e. The second-order valence-electron chi connectivity index (χ2n) is 19.1. The standard InChI is InChI=1S/C62H105O11P/c1-4-7-10-13-16-19-22-25-27-28-29-30-32-34-36-39-42-45-48-51-60(64)69-55-59(73-62(66)53-50-47-44-41-38-35-31-26-23-20-17-14-11-8-5-2)57-71-74(67,68)70-56-58(54-63)72-61(65)52-49-46-43-40-37-33-24-21-18-15-12-9-6-3/h7,10,12,15-16,19,21,24-27,29-31,34,36,58-59,63H,4-6,8-9,11,13-14,17-18,20,22-23,28,32-33,35,37-57H2,1-3H3,(H,67,68)/b10-7-,15-12-,19-16-,24-21-,27-25-,30-29-,31-26-,36-34-. The van der Waals surface area contributed by atoms with Gasteiger partial charge in [-0.15, -0.1) is 0 Å². The molecule has 0 aliphatic heterocycles. The number of phosphoric ester groups is 1. The van der Waals surface area contributed by atoms with Crippen LogP contribution in [0.2, 0.25) is 0 Å². The van der Waals surface area contributed by atoms with Gasteiger partial charge < -0.3 is 24.2 Å². The van der Waals surface area contributed by atoms with Gasteiger partial charge in [0.05, 0.1) is 19.8 Å². The fourth-order valence-electron chi connectivity index (χ4n) is 7.53. The summed E-state index contributed by atoms with van der Waals surface area (Å²) in [5.41, 5.74) is 0. The third kappa shape index (κ3) is 53.2. The number of aliphatic hydroxyl groups is 1. The molecule has 0 rings (SSSR count). The largest absolute Gasteiger partial charge is 0.472 e. The van der Waals surface area contributed by atoms with Crippen molar-refractivity contribution in [2.24, 2.45) is 0 Å². The molecule has 0 aliphatic rings. The van der Waals surface area contributed by atoms with Gasteiger partial charge in [-0.3, -0.25) is 23.4 Å². The highest BCUT2D eigenvalue weighted by atomic mass is 31.2. The summed E-state index contributed by atoms with van der Waals surface area (Å²) in [4.78, 5) is 48.5. The van der Waals surface area contributed by atoms with Crippen molar-refractivity contribution in [3.8, 4) is 0 Å². The van der Waals surface area contributed by atoms with Gasteiger partial charge in [0.1, 0.15) is 12.7 Å². The minimum absolute atomic E-state index is 0.145. The molecule has 0 aromatic rings. The number of esters is 3. The van der Waals surface area contributed by atoms with Crippen molar-refractivity contribution >= 4 is 25.7 Å². The average molecular weight is 1060 g/mol. The van der Waals surface area contributed by atoms with Crippen LogP contribution in [0.3, 0.4) is 0 Å². The van der Waals surface area contributed by atoms with E-state index in [1.807, 2.05) is 0 Å². The number of carbonyl (C=O) groups is 3. The van der Waals surface area contributed by atoms with E-state index >= 15 is 0 Å². The SMILES string of the molecule is CC/C=C\C/C=C\C/C=C\C/C=C\C/C=C\CCCCCC(=O)OCC(COP(=O)(O)OCC(CO)OC(=O)CCCCCCC/C=C\C/C=C\CCC)OC(=O)CCCCCCC/C=C\CCCCCCCC. The molecule has 424 valence electrons. The second kappa shape index (κ2) is 55.6. The first-order chi connectivity index (χ1) is 36.2. The average Bonchev–Trinajstić information content (AvgIpc) is 3.39. The van der Waals surface area contributed by atoms with Crippen molar-refractivity contribution in [3.05, 3.63) is 97.2 Å². The Kier molecular flexibility index (Phi) is 52.9. The zero-order chi connectivity index (χ0) is 54.1. The lowest BCUT2D eigenvalue weighted by Gasteiger charge is -2.21. The minimum Gasteiger partial charge on any atom is -0.462 e. The molecular formula is C62H105O11P. The molecule has 0 spiro atoms. The lowest BCUT2D eigenvalue weighted by atomic mass is 10.1. The number of hydrogen-bond acceptors (Lipinski definition) is 10. The molecule has 0 fully saturated rings. The summed E-state index contributed by atoms with van der Waals surface area (Å²) in [7, 11) is -4.76. The Balaban J connectivity index is 4.81. The van der Waals surface area contributed by atoms with Crippen LogP contribution >= 0.6 is 7.82 Å². The van der Waals surface area contributed by atoms with Gasteiger partial charge in [-0.05, 0) is 116 Å². The molecular weight excluding hydrogens is 952 g/mol. The molecule has 12 heteroatoms. The van der Waals surface area contributed by atoms with Gasteiger partial charge in [0.15, 0.2) is 6.10 Å². The third-order valence-corrected chi connectivity index (χ3v) is 12.9. The fourth-order valence-corrected chi connectivity index (χ4v) is 8.32. The molecule has 0 aromatic heterocycles. The molecule has 74 heavy (non-hydrogen) atoms. The summed E-state index contributed by atoms with van der Waals surface area (Å²) < 4.78 is 39.5. The number of allylic oxidation sites excluding steroid dienone is 16. The second-order valence-corrected chi connectivity index (χ2v) is 20.5. The highest BCUT2D eigenvalue weighted by molar-refractivity contribution is 7.47. The van der Waals surface area contributed by atoms with Gasteiger partial charge >= 0.3 is 25.7 Å². The van der Waals surface area contributed by atoms with Crippen LogP contribution in [0.25, 0.3) is 0 Å². The maximum Gasteiger partial charge on any atom is 0.472 e. The van der Waals surface area contributed by atoms with Crippen LogP contribution < -0.4 is 0 Å². The summed E-state index contributed by atoms with van der Waals surface area (Å²) >= 11 is 0. The summed E-state index contributed by atoms with van der Waals surface area (Å²) in [6.07, 6.45) is 65.1. The normalized spacial score (nSPS) is 14.1. The zero-order valence-corrected chi connectivity index (χ0v) is 47.7. The summed E-state index contributed by atoms with van der Waals surface area (Å²) in [5.74, 6) is -1.53. The third-order valence-electron chi connectivity index (χ3n) is 11.9. The molecule has 0 bridgehead atoms. The Morgan fingerprint density at radius 1 is 0.392 bits per heavy atom. The molecule has 3 unspecified atom stereocenters. The predicted octanol–water partition coefficient (Wildman–Crippen LogP) is 17.3. The first kappa shape index (κ1) is 70.4. The number of phosphoric acid groups is 1. The van der Waals surface area contributed by atoms with Crippen molar-refractivity contribution in [2.45, 2.75) is 251 Å². The Hall–Kier alpha value is -3.60. The van der Waals surface area contributed by atoms with Gasteiger partial charge in [-0.1, -0.05) is 201 Å². The first-order valence-corrected chi connectivity index (χ1v) is 30.6. The first-order valence-electron chi connectivity index (χ1n) is 29.1. The molecule has 0 radical (unpaired) electrons. The Bertz CT molecular complexity index is 1610. The van der Waals surface area contributed by atoms with Crippen LogP contribution in [-0.2, 0) is 42.2 Å². The van der Waals surface area contributed by atoms with Gasteiger partial charge in [-0.25, -0.2) is 4.57 Å². The summed E-state index contributed by atoms with van der Waals surface area (Å²) in [6, 6.07) is 0. The molecule has 0 saturated heterocycles. The number of aliphatic hydroxyl groups excluding tert-OH is 1. The van der Waals surface area contributed by atoms with Crippen molar-refractivity contribution in [1.82, 2.24) is 0 Å². The van der Waals surface area contributed by atoms with E-state index in [2.05, 4.69) is 118 Å². The Morgan fingerprint density at radius 3 is 1.16 bits per heavy atom. The Labute approximate surface area is 451 Å². The van der Waals surface area contributed by atoms with Gasteiger partial charge in [0.25, 0.3) is 0 Å². The molecule has 0 amide bonds. The number of ether oxygens (including phenoxy) is 3.